The second-order valence-corrected chi connectivity index (χ2v) is 6.91. The van der Waals surface area contributed by atoms with Crippen LogP contribution in [0.4, 0.5) is 0 Å². The van der Waals surface area contributed by atoms with Crippen molar-refractivity contribution in [2.45, 2.75) is 0 Å². The molecule has 34 heavy (non-hydrogen) atoms. The molecule has 2 N–H and O–H groups in total. The van der Waals surface area contributed by atoms with Gasteiger partial charge in [0.15, 0.2) is 23.0 Å². The maximum absolute atomic E-state index is 12.9. The van der Waals surface area contributed by atoms with E-state index >= 15 is 0 Å². The molecule has 0 atom stereocenters. The molecule has 0 heterocycles. The van der Waals surface area contributed by atoms with Gasteiger partial charge in [0.1, 0.15) is 11.3 Å². The van der Waals surface area contributed by atoms with Gasteiger partial charge in [-0.2, -0.15) is 0 Å². The van der Waals surface area contributed by atoms with Crippen LogP contribution in [-0.2, 0) is 4.74 Å². The predicted octanol–water partition coefficient (Wildman–Crippen LogP) is 3.74. The molecule has 0 unspecified atom stereocenters. The molecule has 0 saturated heterocycles. The van der Waals surface area contributed by atoms with E-state index in [-0.39, 0.29) is 39.1 Å². The third kappa shape index (κ3) is 3.72. The molecule has 0 aliphatic carbocycles. The molecule has 0 aliphatic rings. The number of phenols is 1. The Morgan fingerprint density at radius 2 is 1.35 bits per heavy atom. The van der Waals surface area contributed by atoms with Crippen molar-refractivity contribution in [1.29, 1.82) is 0 Å². The van der Waals surface area contributed by atoms with Crippen LogP contribution in [0.15, 0.2) is 24.3 Å². The van der Waals surface area contributed by atoms with Crippen LogP contribution in [0.5, 0.6) is 34.5 Å². The number of hydrogen-bond acceptors (Lipinski definition) is 9. The van der Waals surface area contributed by atoms with E-state index in [0.29, 0.717) is 17.1 Å². The highest BCUT2D eigenvalue weighted by Gasteiger charge is 2.33. The summed E-state index contributed by atoms with van der Waals surface area (Å²) in [5.41, 5.74) is -0.525. The van der Waals surface area contributed by atoms with Crippen LogP contribution in [0, 0.1) is 0 Å². The lowest BCUT2D eigenvalue weighted by Crippen LogP contribution is -2.13. The van der Waals surface area contributed by atoms with Crippen molar-refractivity contribution in [3.8, 4) is 45.6 Å². The minimum atomic E-state index is -1.53. The number of carbonyl (C=O) groups is 2. The van der Waals surface area contributed by atoms with E-state index in [0.717, 1.165) is 7.11 Å². The second-order valence-electron chi connectivity index (χ2n) is 6.91. The van der Waals surface area contributed by atoms with Gasteiger partial charge in [-0.1, -0.05) is 6.07 Å². The zero-order valence-electron chi connectivity index (χ0n) is 19.5. The summed E-state index contributed by atoms with van der Waals surface area (Å²) in [6, 6.07) is 6.19. The summed E-state index contributed by atoms with van der Waals surface area (Å²) in [6.07, 6.45) is 0. The highest BCUT2D eigenvalue weighted by molar-refractivity contribution is 6.20. The minimum absolute atomic E-state index is 0.0596. The topological polar surface area (TPSA) is 130 Å². The number of hydrogen-bond donors (Lipinski definition) is 2. The first-order valence-electron chi connectivity index (χ1n) is 9.85. The summed E-state index contributed by atoms with van der Waals surface area (Å²) in [6.45, 7) is 0. The first-order chi connectivity index (χ1) is 16.3. The van der Waals surface area contributed by atoms with E-state index in [9.17, 15) is 19.8 Å². The van der Waals surface area contributed by atoms with E-state index in [4.69, 9.17) is 28.4 Å². The highest BCUT2D eigenvalue weighted by atomic mass is 16.5. The fraction of sp³-hybridized carbons (Fsp3) is 0.250. The molecule has 0 aromatic heterocycles. The number of carbonyl (C=O) groups excluding carboxylic acids is 1. The Morgan fingerprint density at radius 3 is 1.85 bits per heavy atom. The predicted molar refractivity (Wildman–Crippen MR) is 122 cm³/mol. The SMILES string of the molecule is COC(=O)c1c(C(=O)O)c(O)c2cc(OC)c(OC)c(OC)c2c1-c1ccc(OC)c(OC)c1. The highest BCUT2D eigenvalue weighted by Crippen LogP contribution is 2.52. The van der Waals surface area contributed by atoms with Crippen LogP contribution in [0.3, 0.4) is 0 Å². The van der Waals surface area contributed by atoms with Crippen molar-refractivity contribution in [3.05, 3.63) is 35.4 Å². The number of ether oxygens (including phenoxy) is 6. The van der Waals surface area contributed by atoms with E-state index in [1.165, 1.54) is 41.6 Å². The van der Waals surface area contributed by atoms with Crippen molar-refractivity contribution in [3.63, 3.8) is 0 Å². The molecule has 3 rings (SSSR count). The van der Waals surface area contributed by atoms with Gasteiger partial charge in [0.05, 0.1) is 48.2 Å². The fourth-order valence-electron chi connectivity index (χ4n) is 3.89. The number of aromatic hydroxyl groups is 1. The molecular weight excluding hydrogens is 448 g/mol. The van der Waals surface area contributed by atoms with Crippen LogP contribution in [0.25, 0.3) is 21.9 Å². The molecule has 0 aliphatic heterocycles. The zero-order valence-corrected chi connectivity index (χ0v) is 19.5. The van der Waals surface area contributed by atoms with Crippen molar-refractivity contribution < 1.29 is 48.2 Å². The number of aromatic carboxylic acids is 1. The molecule has 0 spiro atoms. The molecule has 3 aromatic rings. The van der Waals surface area contributed by atoms with Gasteiger partial charge >= 0.3 is 11.9 Å². The van der Waals surface area contributed by atoms with Gasteiger partial charge in [0.2, 0.25) is 5.75 Å². The van der Waals surface area contributed by atoms with Gasteiger partial charge < -0.3 is 38.6 Å². The minimum Gasteiger partial charge on any atom is -0.506 e. The molecule has 0 radical (unpaired) electrons. The summed E-state index contributed by atoms with van der Waals surface area (Å²) in [5, 5.41) is 21.2. The molecule has 0 fully saturated rings. The molecule has 0 saturated carbocycles. The second kappa shape index (κ2) is 9.65. The average molecular weight is 472 g/mol. The smallest absolute Gasteiger partial charge is 0.340 e. The number of fused-ring (bicyclic) bond motifs is 1. The van der Waals surface area contributed by atoms with Crippen LogP contribution >= 0.6 is 0 Å². The lowest BCUT2D eigenvalue weighted by Gasteiger charge is -2.22. The van der Waals surface area contributed by atoms with Gasteiger partial charge in [-0.25, -0.2) is 9.59 Å². The summed E-state index contributed by atoms with van der Waals surface area (Å²) in [5.74, 6) is -1.95. The van der Waals surface area contributed by atoms with Crippen molar-refractivity contribution in [1.82, 2.24) is 0 Å². The van der Waals surface area contributed by atoms with Crippen LogP contribution in [0.1, 0.15) is 20.7 Å². The lowest BCUT2D eigenvalue weighted by molar-refractivity contribution is 0.0582. The van der Waals surface area contributed by atoms with E-state index < -0.39 is 23.3 Å². The molecule has 3 aromatic carbocycles. The Labute approximate surface area is 195 Å². The number of rotatable bonds is 8. The lowest BCUT2D eigenvalue weighted by atomic mass is 9.87. The Morgan fingerprint density at radius 1 is 0.735 bits per heavy atom. The van der Waals surface area contributed by atoms with Gasteiger partial charge in [0, 0.05) is 16.3 Å². The first kappa shape index (κ1) is 24.3. The summed E-state index contributed by atoms with van der Waals surface area (Å²) < 4.78 is 32.0. The largest absolute Gasteiger partial charge is 0.506 e. The van der Waals surface area contributed by atoms with E-state index in [1.807, 2.05) is 0 Å². The van der Waals surface area contributed by atoms with Crippen LogP contribution in [0.2, 0.25) is 0 Å². The normalized spacial score (nSPS) is 10.5. The summed E-state index contributed by atoms with van der Waals surface area (Å²) >= 11 is 0. The van der Waals surface area contributed by atoms with E-state index in [1.54, 1.807) is 18.2 Å². The number of carboxylic acids is 1. The molecule has 0 bridgehead atoms. The molecular formula is C24H24O10. The average Bonchev–Trinajstić information content (AvgIpc) is 2.85. The number of carboxylic acid groups (broad SMARTS) is 1. The molecule has 180 valence electrons. The molecule has 10 nitrogen and oxygen atoms in total. The van der Waals surface area contributed by atoms with Crippen LogP contribution in [-0.4, -0.2) is 64.8 Å². The Kier molecular flexibility index (Phi) is 6.90. The fourth-order valence-corrected chi connectivity index (χ4v) is 3.89. The van der Waals surface area contributed by atoms with Crippen molar-refractivity contribution in [2.75, 3.05) is 42.7 Å². The molecule has 10 heteroatoms. The third-order valence-corrected chi connectivity index (χ3v) is 5.35. The summed E-state index contributed by atoms with van der Waals surface area (Å²) in [7, 11) is 8.17. The third-order valence-electron chi connectivity index (χ3n) is 5.35. The quantitative estimate of drug-likeness (QED) is 0.468. The Bertz CT molecular complexity index is 1280. The number of methoxy groups -OCH3 is 6. The zero-order chi connectivity index (χ0) is 25.2. The van der Waals surface area contributed by atoms with Gasteiger partial charge in [0.25, 0.3) is 0 Å². The monoisotopic (exact) mass is 472 g/mol. The maximum Gasteiger partial charge on any atom is 0.340 e. The Balaban J connectivity index is 2.71. The number of benzene rings is 3. The van der Waals surface area contributed by atoms with Crippen molar-refractivity contribution in [2.24, 2.45) is 0 Å². The van der Waals surface area contributed by atoms with E-state index in [2.05, 4.69) is 0 Å². The van der Waals surface area contributed by atoms with Crippen LogP contribution < -0.4 is 23.7 Å². The molecule has 0 amide bonds. The maximum atomic E-state index is 12.9. The standard InChI is InChI=1S/C24H24O10/c1-29-13-8-7-11(9-14(13)30-2)16-17-12(10-15(31-3)21(32-4)22(17)33-5)20(25)19(23(26)27)18(16)24(28)34-6/h7-10,25H,1-6H3,(H,26,27). The van der Waals surface area contributed by atoms with Crippen molar-refractivity contribution >= 4 is 22.7 Å². The Hall–Kier alpha value is -4.34. The van der Waals surface area contributed by atoms with Gasteiger partial charge in [-0.15, -0.1) is 0 Å². The number of esters is 1. The van der Waals surface area contributed by atoms with Gasteiger partial charge in [-0.05, 0) is 23.8 Å². The van der Waals surface area contributed by atoms with Gasteiger partial charge in [-0.3, -0.25) is 0 Å². The first-order valence-corrected chi connectivity index (χ1v) is 9.85. The summed E-state index contributed by atoms with van der Waals surface area (Å²) in [4.78, 5) is 25.2.